The Hall–Kier alpha value is -2.25. The fourth-order valence-corrected chi connectivity index (χ4v) is 4.56. The van der Waals surface area contributed by atoms with Crippen LogP contribution in [0, 0.1) is 0 Å². The molecule has 0 atom stereocenters. The van der Waals surface area contributed by atoms with E-state index in [4.69, 9.17) is 0 Å². The van der Waals surface area contributed by atoms with Crippen molar-refractivity contribution in [2.45, 2.75) is 38.1 Å². The van der Waals surface area contributed by atoms with E-state index in [1.54, 1.807) is 0 Å². The van der Waals surface area contributed by atoms with Gasteiger partial charge in [0.1, 0.15) is 5.82 Å². The van der Waals surface area contributed by atoms with Crippen LogP contribution in [0.4, 0.5) is 16.3 Å². The summed E-state index contributed by atoms with van der Waals surface area (Å²) in [5.41, 5.74) is 5.66. The predicted molar refractivity (Wildman–Crippen MR) is 122 cm³/mol. The first kappa shape index (κ1) is 20.0. The summed E-state index contributed by atoms with van der Waals surface area (Å²) in [6.07, 6.45) is 9.17. The standard InChI is InChI=1S/C22H29N5OS/c1-27-12-9-17(10-13-27)24-20-14-16(8-11-23-20)19-7-6-15-4-3-5-18(15)21(19)25-22(28)26-29-2/h6-8,11,14,17H,3-5,9-10,12-13H2,1-2H3,(H,23,24)(H2,25,26,28). The minimum atomic E-state index is -0.183. The molecule has 2 aliphatic rings. The predicted octanol–water partition coefficient (Wildman–Crippen LogP) is 4.14. The monoisotopic (exact) mass is 411 g/mol. The van der Waals surface area contributed by atoms with E-state index in [2.05, 4.69) is 50.5 Å². The molecule has 4 rings (SSSR count). The van der Waals surface area contributed by atoms with Gasteiger partial charge in [0, 0.05) is 24.1 Å². The van der Waals surface area contributed by atoms with Crippen LogP contribution in [0.15, 0.2) is 30.5 Å². The molecule has 3 N–H and O–H groups in total. The summed E-state index contributed by atoms with van der Waals surface area (Å²) in [6, 6.07) is 8.74. The van der Waals surface area contributed by atoms with E-state index in [0.29, 0.717) is 6.04 Å². The summed E-state index contributed by atoms with van der Waals surface area (Å²) < 4.78 is 2.77. The highest BCUT2D eigenvalue weighted by Crippen LogP contribution is 2.38. The van der Waals surface area contributed by atoms with E-state index in [9.17, 15) is 4.79 Å². The Balaban J connectivity index is 1.61. The Morgan fingerprint density at radius 2 is 2.03 bits per heavy atom. The van der Waals surface area contributed by atoms with Crippen LogP contribution in [0.3, 0.4) is 0 Å². The molecule has 0 bridgehead atoms. The minimum Gasteiger partial charge on any atom is -0.367 e. The van der Waals surface area contributed by atoms with Crippen molar-refractivity contribution in [1.82, 2.24) is 14.6 Å². The van der Waals surface area contributed by atoms with Gasteiger partial charge in [0.05, 0.1) is 5.69 Å². The van der Waals surface area contributed by atoms with Crippen molar-refractivity contribution in [2.75, 3.05) is 37.0 Å². The number of hydrogen-bond acceptors (Lipinski definition) is 5. The molecule has 2 amide bonds. The molecule has 2 aromatic rings. The van der Waals surface area contributed by atoms with E-state index < -0.39 is 0 Å². The third-order valence-electron chi connectivity index (χ3n) is 5.86. The molecule has 1 fully saturated rings. The number of pyridine rings is 1. The fraction of sp³-hybridized carbons (Fsp3) is 0.455. The van der Waals surface area contributed by atoms with E-state index in [1.807, 2.05) is 18.5 Å². The average molecular weight is 412 g/mol. The third kappa shape index (κ3) is 4.67. The van der Waals surface area contributed by atoms with Gasteiger partial charge >= 0.3 is 6.03 Å². The third-order valence-corrected chi connectivity index (χ3v) is 6.25. The molecule has 154 valence electrons. The van der Waals surface area contributed by atoms with Gasteiger partial charge in [-0.3, -0.25) is 4.72 Å². The van der Waals surface area contributed by atoms with Crippen LogP contribution in [0.2, 0.25) is 0 Å². The van der Waals surface area contributed by atoms with Gasteiger partial charge in [0.15, 0.2) is 0 Å². The number of nitrogens with one attached hydrogen (secondary N) is 3. The molecule has 7 heteroatoms. The van der Waals surface area contributed by atoms with Crippen molar-refractivity contribution in [1.29, 1.82) is 0 Å². The lowest BCUT2D eigenvalue weighted by molar-refractivity contribution is 0.257. The topological polar surface area (TPSA) is 69.3 Å². The summed E-state index contributed by atoms with van der Waals surface area (Å²) in [6.45, 7) is 2.22. The number of carbonyl (C=O) groups excluding carboxylic acids is 1. The van der Waals surface area contributed by atoms with Gasteiger partial charge in [-0.25, -0.2) is 9.78 Å². The highest BCUT2D eigenvalue weighted by Gasteiger charge is 2.21. The molecule has 2 heterocycles. The molecule has 29 heavy (non-hydrogen) atoms. The lowest BCUT2D eigenvalue weighted by Gasteiger charge is -2.29. The molecule has 1 aromatic carbocycles. The number of carbonyl (C=O) groups is 1. The van der Waals surface area contributed by atoms with Gasteiger partial charge in [0.25, 0.3) is 0 Å². The van der Waals surface area contributed by atoms with Gasteiger partial charge in [-0.15, -0.1) is 0 Å². The molecule has 0 spiro atoms. The molecule has 0 saturated carbocycles. The molecule has 1 saturated heterocycles. The van der Waals surface area contributed by atoms with Crippen molar-refractivity contribution < 1.29 is 4.79 Å². The molecule has 0 unspecified atom stereocenters. The van der Waals surface area contributed by atoms with Gasteiger partial charge < -0.3 is 15.5 Å². The van der Waals surface area contributed by atoms with Crippen molar-refractivity contribution in [2.24, 2.45) is 0 Å². The van der Waals surface area contributed by atoms with Crippen molar-refractivity contribution in [3.63, 3.8) is 0 Å². The Morgan fingerprint density at radius 1 is 1.21 bits per heavy atom. The molecule has 1 aliphatic carbocycles. The second-order valence-corrected chi connectivity index (χ2v) is 8.50. The smallest absolute Gasteiger partial charge is 0.329 e. The zero-order chi connectivity index (χ0) is 20.2. The Morgan fingerprint density at radius 3 is 2.83 bits per heavy atom. The normalized spacial score (nSPS) is 17.0. The van der Waals surface area contributed by atoms with Gasteiger partial charge in [-0.05, 0) is 81.1 Å². The van der Waals surface area contributed by atoms with E-state index in [1.165, 1.54) is 23.1 Å². The first-order valence-electron chi connectivity index (χ1n) is 10.3. The molecule has 1 aliphatic heterocycles. The van der Waals surface area contributed by atoms with Crippen LogP contribution in [0.5, 0.6) is 0 Å². The molecular weight excluding hydrogens is 382 g/mol. The van der Waals surface area contributed by atoms with E-state index in [-0.39, 0.29) is 6.03 Å². The number of urea groups is 1. The van der Waals surface area contributed by atoms with Crippen molar-refractivity contribution in [3.05, 3.63) is 41.6 Å². The maximum absolute atomic E-state index is 12.3. The highest BCUT2D eigenvalue weighted by atomic mass is 32.2. The maximum Gasteiger partial charge on any atom is 0.329 e. The maximum atomic E-state index is 12.3. The van der Waals surface area contributed by atoms with E-state index >= 15 is 0 Å². The van der Waals surface area contributed by atoms with Crippen LogP contribution < -0.4 is 15.4 Å². The number of hydrogen-bond donors (Lipinski definition) is 3. The second-order valence-electron chi connectivity index (χ2n) is 7.89. The summed E-state index contributed by atoms with van der Waals surface area (Å²) in [4.78, 5) is 19.2. The number of aromatic nitrogens is 1. The molecule has 1 aromatic heterocycles. The zero-order valence-electron chi connectivity index (χ0n) is 17.1. The summed E-state index contributed by atoms with van der Waals surface area (Å²) in [7, 11) is 2.17. The number of benzene rings is 1. The first-order valence-corrected chi connectivity index (χ1v) is 11.5. The van der Waals surface area contributed by atoms with Crippen LogP contribution >= 0.6 is 11.9 Å². The lowest BCUT2D eigenvalue weighted by atomic mass is 9.97. The highest BCUT2D eigenvalue weighted by molar-refractivity contribution is 7.97. The number of nitrogens with zero attached hydrogens (tertiary/aromatic N) is 2. The summed E-state index contributed by atoms with van der Waals surface area (Å²) in [5.74, 6) is 0.900. The Bertz CT molecular complexity index is 880. The van der Waals surface area contributed by atoms with Crippen LogP contribution in [0.25, 0.3) is 11.1 Å². The van der Waals surface area contributed by atoms with Crippen LogP contribution in [-0.4, -0.2) is 48.3 Å². The number of piperidine rings is 1. The molecule has 0 radical (unpaired) electrons. The van der Waals surface area contributed by atoms with Crippen LogP contribution in [-0.2, 0) is 12.8 Å². The zero-order valence-corrected chi connectivity index (χ0v) is 17.9. The summed E-state index contributed by atoms with van der Waals surface area (Å²) in [5, 5.41) is 6.70. The quantitative estimate of drug-likeness (QED) is 0.645. The minimum absolute atomic E-state index is 0.183. The first-order chi connectivity index (χ1) is 14.1. The number of likely N-dealkylation sites (tertiary alicyclic amines) is 1. The van der Waals surface area contributed by atoms with Gasteiger partial charge in [-0.2, -0.15) is 0 Å². The van der Waals surface area contributed by atoms with Crippen molar-refractivity contribution in [3.8, 4) is 11.1 Å². The Kier molecular flexibility index (Phi) is 6.25. The molecular formula is C22H29N5OS. The SMILES string of the molecule is CSNC(=O)Nc1c(-c2ccnc(NC3CCN(C)CC3)c2)ccc2c1CCC2. The number of amides is 2. The lowest BCUT2D eigenvalue weighted by Crippen LogP contribution is -2.36. The number of aryl methyl sites for hydroxylation is 1. The number of anilines is 2. The van der Waals surface area contributed by atoms with Crippen LogP contribution in [0.1, 0.15) is 30.4 Å². The van der Waals surface area contributed by atoms with Gasteiger partial charge in [0.2, 0.25) is 0 Å². The van der Waals surface area contributed by atoms with E-state index in [0.717, 1.165) is 67.8 Å². The largest absolute Gasteiger partial charge is 0.367 e. The second kappa shape index (κ2) is 9.05. The molecule has 6 nitrogen and oxygen atoms in total. The number of fused-ring (bicyclic) bond motifs is 1. The average Bonchev–Trinajstić information content (AvgIpc) is 3.20. The number of rotatable bonds is 5. The summed E-state index contributed by atoms with van der Waals surface area (Å²) >= 11 is 1.30. The van der Waals surface area contributed by atoms with Gasteiger partial charge in [-0.1, -0.05) is 24.1 Å². The Labute approximate surface area is 177 Å². The van der Waals surface area contributed by atoms with Crippen molar-refractivity contribution >= 4 is 29.5 Å². The fourth-order valence-electron chi connectivity index (χ4n) is 4.32.